The van der Waals surface area contributed by atoms with Gasteiger partial charge in [0.25, 0.3) is 0 Å². The molecule has 0 unspecified atom stereocenters. The zero-order valence-electron chi connectivity index (χ0n) is 9.08. The van der Waals surface area contributed by atoms with E-state index in [0.29, 0.717) is 28.1 Å². The van der Waals surface area contributed by atoms with E-state index in [4.69, 9.17) is 11.6 Å². The zero-order chi connectivity index (χ0) is 12.4. The first-order chi connectivity index (χ1) is 8.83. The number of halogens is 1. The third-order valence-electron chi connectivity index (χ3n) is 2.24. The molecule has 3 aromatic rings. The molecule has 7 heteroatoms. The second kappa shape index (κ2) is 4.50. The van der Waals surface area contributed by atoms with Gasteiger partial charge in [-0.25, -0.2) is 9.97 Å². The molecule has 0 amide bonds. The Morgan fingerprint density at radius 3 is 2.72 bits per heavy atom. The summed E-state index contributed by atoms with van der Waals surface area (Å²) in [5.74, 6) is 1.01. The monoisotopic (exact) mass is 258 g/mol. The molecule has 0 radical (unpaired) electrons. The summed E-state index contributed by atoms with van der Waals surface area (Å²) in [5.41, 5.74) is 1.23. The van der Waals surface area contributed by atoms with E-state index in [1.807, 2.05) is 0 Å². The molecule has 0 saturated heterocycles. The van der Waals surface area contributed by atoms with Crippen LogP contribution in [0.1, 0.15) is 0 Å². The number of pyridine rings is 1. The zero-order valence-corrected chi connectivity index (χ0v) is 9.83. The highest BCUT2D eigenvalue weighted by Crippen LogP contribution is 2.18. The maximum absolute atomic E-state index is 5.89. The second-order valence-corrected chi connectivity index (χ2v) is 3.89. The Morgan fingerprint density at radius 1 is 1.06 bits per heavy atom. The predicted molar refractivity (Wildman–Crippen MR) is 65.6 cm³/mol. The van der Waals surface area contributed by atoms with E-state index < -0.39 is 0 Å². The summed E-state index contributed by atoms with van der Waals surface area (Å²) in [5, 5.41) is 7.46. The molecule has 0 aliphatic rings. The van der Waals surface area contributed by atoms with E-state index in [1.165, 1.54) is 0 Å². The van der Waals surface area contributed by atoms with Crippen molar-refractivity contribution in [3.8, 4) is 23.0 Å². The lowest BCUT2D eigenvalue weighted by Crippen LogP contribution is -1.87. The van der Waals surface area contributed by atoms with Crippen molar-refractivity contribution < 1.29 is 0 Å². The van der Waals surface area contributed by atoms with Gasteiger partial charge in [-0.2, -0.15) is 5.10 Å². The Balaban J connectivity index is 2.00. The highest BCUT2D eigenvalue weighted by Gasteiger charge is 2.09. The van der Waals surface area contributed by atoms with Crippen molar-refractivity contribution in [1.29, 1.82) is 0 Å². The quantitative estimate of drug-likeness (QED) is 0.760. The van der Waals surface area contributed by atoms with Gasteiger partial charge in [0, 0.05) is 23.6 Å². The molecule has 0 atom stereocenters. The second-order valence-electron chi connectivity index (χ2n) is 3.46. The Bertz CT molecular complexity index is 666. The van der Waals surface area contributed by atoms with Gasteiger partial charge in [0.05, 0.1) is 6.20 Å². The van der Waals surface area contributed by atoms with Crippen LogP contribution in [0, 0.1) is 0 Å². The molecule has 0 spiro atoms. The number of hydrogen-bond donors (Lipinski definition) is 1. The fourth-order valence-corrected chi connectivity index (χ4v) is 1.60. The maximum atomic E-state index is 5.89. The van der Waals surface area contributed by atoms with Crippen molar-refractivity contribution in [3.63, 3.8) is 0 Å². The van der Waals surface area contributed by atoms with Gasteiger partial charge in [-0.05, 0) is 12.1 Å². The normalized spacial score (nSPS) is 10.5. The van der Waals surface area contributed by atoms with Crippen molar-refractivity contribution in [2.24, 2.45) is 0 Å². The minimum absolute atomic E-state index is 0.472. The number of nitrogens with one attached hydrogen (secondary N) is 1. The van der Waals surface area contributed by atoms with Crippen LogP contribution in [-0.4, -0.2) is 30.1 Å². The average molecular weight is 259 g/mol. The third kappa shape index (κ3) is 2.05. The Kier molecular flexibility index (Phi) is 2.70. The van der Waals surface area contributed by atoms with E-state index in [-0.39, 0.29) is 0 Å². The summed E-state index contributed by atoms with van der Waals surface area (Å²) in [6.45, 7) is 0. The van der Waals surface area contributed by atoms with E-state index in [2.05, 4.69) is 30.1 Å². The summed E-state index contributed by atoms with van der Waals surface area (Å²) < 4.78 is 0. The van der Waals surface area contributed by atoms with Crippen molar-refractivity contribution in [2.45, 2.75) is 0 Å². The number of rotatable bonds is 2. The van der Waals surface area contributed by atoms with Crippen LogP contribution in [-0.2, 0) is 0 Å². The Labute approximate surface area is 107 Å². The van der Waals surface area contributed by atoms with Crippen LogP contribution in [0.4, 0.5) is 0 Å². The first-order valence-corrected chi connectivity index (χ1v) is 5.51. The summed E-state index contributed by atoms with van der Waals surface area (Å²) in [6.07, 6.45) is 6.39. The van der Waals surface area contributed by atoms with E-state index in [9.17, 15) is 0 Å². The van der Waals surface area contributed by atoms with E-state index in [0.717, 1.165) is 0 Å². The highest BCUT2D eigenvalue weighted by molar-refractivity contribution is 6.30. The number of H-pyrrole nitrogens is 1. The minimum Gasteiger partial charge on any atom is -0.261 e. The van der Waals surface area contributed by atoms with Crippen LogP contribution in [0.5, 0.6) is 0 Å². The molecule has 0 aliphatic carbocycles. The molecule has 3 heterocycles. The van der Waals surface area contributed by atoms with Crippen LogP contribution < -0.4 is 0 Å². The van der Waals surface area contributed by atoms with Gasteiger partial charge >= 0.3 is 0 Å². The lowest BCUT2D eigenvalue weighted by atomic mass is 10.3. The lowest BCUT2D eigenvalue weighted by Gasteiger charge is -1.94. The fourth-order valence-electron chi connectivity index (χ4n) is 1.44. The maximum Gasteiger partial charge on any atom is 0.201 e. The molecule has 0 aromatic carbocycles. The van der Waals surface area contributed by atoms with Crippen molar-refractivity contribution in [3.05, 3.63) is 41.9 Å². The molecular formula is C11H7ClN6. The number of aromatic nitrogens is 6. The van der Waals surface area contributed by atoms with Gasteiger partial charge in [-0.1, -0.05) is 11.6 Å². The largest absolute Gasteiger partial charge is 0.261 e. The lowest BCUT2D eigenvalue weighted by molar-refractivity contribution is 1.07. The SMILES string of the molecule is Clc1ccnc(-c2nc(-c3cnccn3)n[nH]2)c1. The van der Waals surface area contributed by atoms with Crippen molar-refractivity contribution in [1.82, 2.24) is 30.1 Å². The molecule has 1 N–H and O–H groups in total. The molecule has 0 saturated carbocycles. The van der Waals surface area contributed by atoms with Gasteiger partial charge < -0.3 is 0 Å². The number of nitrogens with zero attached hydrogens (tertiary/aromatic N) is 5. The van der Waals surface area contributed by atoms with Gasteiger partial charge in [-0.3, -0.25) is 15.1 Å². The summed E-state index contributed by atoms with van der Waals surface area (Å²) >= 11 is 5.89. The smallest absolute Gasteiger partial charge is 0.201 e. The molecule has 3 aromatic heterocycles. The van der Waals surface area contributed by atoms with Gasteiger partial charge in [-0.15, -0.1) is 0 Å². The van der Waals surface area contributed by atoms with Crippen molar-refractivity contribution >= 4 is 11.6 Å². The van der Waals surface area contributed by atoms with E-state index >= 15 is 0 Å². The molecule has 0 fully saturated rings. The molecular weight excluding hydrogens is 252 g/mol. The summed E-state index contributed by atoms with van der Waals surface area (Å²) in [4.78, 5) is 16.5. The van der Waals surface area contributed by atoms with Crippen molar-refractivity contribution in [2.75, 3.05) is 0 Å². The Morgan fingerprint density at radius 2 is 1.94 bits per heavy atom. The molecule has 3 rings (SSSR count). The number of aromatic amines is 1. The molecule has 6 nitrogen and oxygen atoms in total. The first kappa shape index (κ1) is 10.8. The molecule has 18 heavy (non-hydrogen) atoms. The first-order valence-electron chi connectivity index (χ1n) is 5.13. The highest BCUT2D eigenvalue weighted by atomic mass is 35.5. The Hall–Kier alpha value is -2.34. The predicted octanol–water partition coefficient (Wildman–Crippen LogP) is 1.98. The van der Waals surface area contributed by atoms with Crippen LogP contribution in [0.25, 0.3) is 23.0 Å². The fraction of sp³-hybridized carbons (Fsp3) is 0. The van der Waals surface area contributed by atoms with E-state index in [1.54, 1.807) is 36.9 Å². The molecule has 88 valence electrons. The van der Waals surface area contributed by atoms with Crippen LogP contribution >= 0.6 is 11.6 Å². The van der Waals surface area contributed by atoms with Crippen LogP contribution in [0.15, 0.2) is 36.9 Å². The van der Waals surface area contributed by atoms with Gasteiger partial charge in [0.1, 0.15) is 11.4 Å². The average Bonchev–Trinajstić information content (AvgIpc) is 2.89. The number of hydrogen-bond acceptors (Lipinski definition) is 5. The van der Waals surface area contributed by atoms with Crippen LogP contribution in [0.2, 0.25) is 5.02 Å². The molecule has 0 bridgehead atoms. The topological polar surface area (TPSA) is 80.2 Å². The van der Waals surface area contributed by atoms with Gasteiger partial charge in [0.15, 0.2) is 5.82 Å². The third-order valence-corrected chi connectivity index (χ3v) is 2.48. The van der Waals surface area contributed by atoms with Gasteiger partial charge in [0.2, 0.25) is 5.82 Å². The summed E-state index contributed by atoms with van der Waals surface area (Å²) in [6, 6.07) is 3.41. The summed E-state index contributed by atoms with van der Waals surface area (Å²) in [7, 11) is 0. The molecule has 0 aliphatic heterocycles. The van der Waals surface area contributed by atoms with Crippen LogP contribution in [0.3, 0.4) is 0 Å². The standard InChI is InChI=1S/C11H7ClN6/c12-7-1-2-14-8(5-7)10-16-11(18-17-10)9-6-13-3-4-15-9/h1-6H,(H,16,17,18). The minimum atomic E-state index is 0.472.